The molecule has 0 radical (unpaired) electrons. The minimum atomic E-state index is -0.384. The number of benzene rings is 1. The van der Waals surface area contributed by atoms with Gasteiger partial charge in [-0.15, -0.1) is 0 Å². The second kappa shape index (κ2) is 6.88. The van der Waals surface area contributed by atoms with E-state index in [2.05, 4.69) is 34.6 Å². The largest absolute Gasteiger partial charge is 0.496 e. The van der Waals surface area contributed by atoms with E-state index in [1.165, 1.54) is 5.56 Å². The summed E-state index contributed by atoms with van der Waals surface area (Å²) >= 11 is 0. The van der Waals surface area contributed by atoms with Crippen molar-refractivity contribution in [3.63, 3.8) is 0 Å². The van der Waals surface area contributed by atoms with Crippen LogP contribution in [0.2, 0.25) is 0 Å². The topological polar surface area (TPSA) is 47.9 Å². The molecule has 1 aromatic rings. The maximum absolute atomic E-state index is 11.3. The summed E-state index contributed by atoms with van der Waals surface area (Å²) in [4.78, 5) is 0. The zero-order valence-electron chi connectivity index (χ0n) is 18.2. The number of hydrogen-bond acceptors (Lipinski definition) is 4. The van der Waals surface area contributed by atoms with Gasteiger partial charge in [0.15, 0.2) is 11.5 Å². The van der Waals surface area contributed by atoms with Crippen LogP contribution in [0.25, 0.3) is 0 Å². The first kappa shape index (κ1) is 20.3. The van der Waals surface area contributed by atoms with Gasteiger partial charge in [-0.3, -0.25) is 0 Å². The molecule has 0 aromatic heterocycles. The van der Waals surface area contributed by atoms with Crippen molar-refractivity contribution in [3.8, 4) is 17.2 Å². The highest BCUT2D eigenvalue weighted by Crippen LogP contribution is 2.62. The van der Waals surface area contributed by atoms with Crippen molar-refractivity contribution in [2.24, 2.45) is 11.3 Å². The Hall–Kier alpha value is -1.42. The molecule has 3 atom stereocenters. The third-order valence-corrected chi connectivity index (χ3v) is 7.10. The molecular formula is C23H36O4. The van der Waals surface area contributed by atoms with E-state index in [4.69, 9.17) is 14.2 Å². The molecule has 2 aliphatic rings. The van der Waals surface area contributed by atoms with E-state index in [1.54, 1.807) is 21.3 Å². The molecule has 152 valence electrons. The molecule has 3 rings (SSSR count). The number of rotatable bonds is 4. The van der Waals surface area contributed by atoms with Crippen LogP contribution < -0.4 is 14.2 Å². The number of aliphatic hydroxyl groups is 1. The highest BCUT2D eigenvalue weighted by atomic mass is 16.5. The van der Waals surface area contributed by atoms with Gasteiger partial charge in [0.25, 0.3) is 0 Å². The predicted octanol–water partition coefficient (Wildman–Crippen LogP) is 4.84. The Bertz CT molecular complexity index is 722. The molecule has 1 N–H and O–H groups in total. The fourth-order valence-corrected chi connectivity index (χ4v) is 6.34. The lowest BCUT2D eigenvalue weighted by atomic mass is 9.49. The summed E-state index contributed by atoms with van der Waals surface area (Å²) < 4.78 is 17.8. The van der Waals surface area contributed by atoms with Gasteiger partial charge in [0.2, 0.25) is 0 Å². The van der Waals surface area contributed by atoms with Crippen LogP contribution in [0.4, 0.5) is 0 Å². The molecule has 0 bridgehead atoms. The highest BCUT2D eigenvalue weighted by molar-refractivity contribution is 5.67. The molecule has 27 heavy (non-hydrogen) atoms. The third kappa shape index (κ3) is 2.83. The molecule has 0 spiro atoms. The van der Waals surface area contributed by atoms with Gasteiger partial charge in [-0.1, -0.05) is 41.0 Å². The standard InChI is InChI=1S/C23H36O4/c1-13(2)16-18(25-6)14-12-15(24)21-22(3,4)10-9-11-23(21,5)17(14)20(27-8)19(16)26-7/h13,15,21,24H,9-12H2,1-8H3/t15-,21+,23-/m1/s1. The number of hydrogen-bond donors (Lipinski definition) is 1. The lowest BCUT2D eigenvalue weighted by molar-refractivity contribution is -0.0547. The fourth-order valence-electron chi connectivity index (χ4n) is 6.34. The van der Waals surface area contributed by atoms with Crippen LogP contribution in [-0.2, 0) is 11.8 Å². The molecule has 1 saturated carbocycles. The van der Waals surface area contributed by atoms with E-state index in [-0.39, 0.29) is 28.8 Å². The maximum Gasteiger partial charge on any atom is 0.168 e. The summed E-state index contributed by atoms with van der Waals surface area (Å²) in [7, 11) is 5.16. The minimum Gasteiger partial charge on any atom is -0.496 e. The van der Waals surface area contributed by atoms with Crippen LogP contribution in [0.3, 0.4) is 0 Å². The smallest absolute Gasteiger partial charge is 0.168 e. The monoisotopic (exact) mass is 376 g/mol. The molecule has 4 nitrogen and oxygen atoms in total. The third-order valence-electron chi connectivity index (χ3n) is 7.10. The van der Waals surface area contributed by atoms with Gasteiger partial charge in [0.05, 0.1) is 27.4 Å². The molecule has 0 heterocycles. The Balaban J connectivity index is 2.41. The summed E-state index contributed by atoms with van der Waals surface area (Å²) in [5.74, 6) is 2.87. The van der Waals surface area contributed by atoms with E-state index in [0.717, 1.165) is 47.6 Å². The van der Waals surface area contributed by atoms with Gasteiger partial charge in [0, 0.05) is 28.5 Å². The van der Waals surface area contributed by atoms with E-state index < -0.39 is 0 Å². The summed E-state index contributed by atoms with van der Waals surface area (Å²) in [6, 6.07) is 0. The second-order valence-corrected chi connectivity index (χ2v) is 9.53. The number of ether oxygens (including phenoxy) is 3. The predicted molar refractivity (Wildman–Crippen MR) is 108 cm³/mol. The van der Waals surface area contributed by atoms with E-state index in [1.807, 2.05) is 0 Å². The summed E-state index contributed by atoms with van der Waals surface area (Å²) in [5, 5.41) is 11.3. The van der Waals surface area contributed by atoms with Crippen LogP contribution >= 0.6 is 0 Å². The molecule has 0 aliphatic heterocycles. The quantitative estimate of drug-likeness (QED) is 0.817. The molecule has 4 heteroatoms. The summed E-state index contributed by atoms with van der Waals surface area (Å²) in [5.41, 5.74) is 3.22. The van der Waals surface area contributed by atoms with Crippen molar-refractivity contribution in [1.82, 2.24) is 0 Å². The van der Waals surface area contributed by atoms with Crippen LogP contribution in [0.1, 0.15) is 76.5 Å². The fraction of sp³-hybridized carbons (Fsp3) is 0.739. The maximum atomic E-state index is 11.3. The van der Waals surface area contributed by atoms with Gasteiger partial charge in [-0.2, -0.15) is 0 Å². The number of fused-ring (bicyclic) bond motifs is 3. The average molecular weight is 377 g/mol. The Morgan fingerprint density at radius 2 is 1.52 bits per heavy atom. The van der Waals surface area contributed by atoms with Gasteiger partial charge < -0.3 is 19.3 Å². The molecule has 2 aliphatic carbocycles. The van der Waals surface area contributed by atoms with Gasteiger partial charge in [0.1, 0.15) is 5.75 Å². The molecule has 1 aromatic carbocycles. The van der Waals surface area contributed by atoms with Crippen LogP contribution in [-0.4, -0.2) is 32.5 Å². The SMILES string of the molecule is COc1c2c(c(OC)c(OC)c1C(C)C)[C@@]1(C)CCCC(C)(C)[C@@H]1[C@H](O)C2. The van der Waals surface area contributed by atoms with Crippen LogP contribution in [0, 0.1) is 11.3 Å². The second-order valence-electron chi connectivity index (χ2n) is 9.53. The van der Waals surface area contributed by atoms with Gasteiger partial charge in [-0.05, 0) is 30.1 Å². The van der Waals surface area contributed by atoms with Crippen molar-refractivity contribution < 1.29 is 19.3 Å². The Morgan fingerprint density at radius 3 is 2.04 bits per heavy atom. The van der Waals surface area contributed by atoms with E-state index >= 15 is 0 Å². The zero-order chi connectivity index (χ0) is 20.1. The first-order valence-corrected chi connectivity index (χ1v) is 10.2. The van der Waals surface area contributed by atoms with Gasteiger partial charge in [-0.25, -0.2) is 0 Å². The first-order valence-electron chi connectivity index (χ1n) is 10.2. The minimum absolute atomic E-state index is 0.0757. The first-order chi connectivity index (χ1) is 12.6. The van der Waals surface area contributed by atoms with Crippen LogP contribution in [0.5, 0.6) is 17.2 Å². The Labute approximate surface area is 164 Å². The van der Waals surface area contributed by atoms with Crippen molar-refractivity contribution >= 4 is 0 Å². The molecule has 0 unspecified atom stereocenters. The Kier molecular flexibility index (Phi) is 5.17. The van der Waals surface area contributed by atoms with E-state index in [0.29, 0.717) is 6.42 Å². The number of aliphatic hydroxyl groups excluding tert-OH is 1. The Morgan fingerprint density at radius 1 is 0.926 bits per heavy atom. The molecule has 0 amide bonds. The van der Waals surface area contributed by atoms with Gasteiger partial charge >= 0.3 is 0 Å². The van der Waals surface area contributed by atoms with Crippen molar-refractivity contribution in [2.45, 2.75) is 77.7 Å². The van der Waals surface area contributed by atoms with Crippen molar-refractivity contribution in [3.05, 3.63) is 16.7 Å². The highest BCUT2D eigenvalue weighted by Gasteiger charge is 2.56. The lowest BCUT2D eigenvalue weighted by Crippen LogP contribution is -2.54. The van der Waals surface area contributed by atoms with Crippen molar-refractivity contribution in [2.75, 3.05) is 21.3 Å². The lowest BCUT2D eigenvalue weighted by Gasteiger charge is -2.56. The normalized spacial score (nSPS) is 29.1. The molecular weight excluding hydrogens is 340 g/mol. The number of methoxy groups -OCH3 is 3. The van der Waals surface area contributed by atoms with Crippen LogP contribution in [0.15, 0.2) is 0 Å². The molecule has 0 saturated heterocycles. The summed E-state index contributed by atoms with van der Waals surface area (Å²) in [6.07, 6.45) is 3.54. The summed E-state index contributed by atoms with van der Waals surface area (Å²) in [6.45, 7) is 11.2. The molecule has 1 fully saturated rings. The zero-order valence-corrected chi connectivity index (χ0v) is 18.2. The average Bonchev–Trinajstić information content (AvgIpc) is 2.58. The van der Waals surface area contributed by atoms with E-state index in [9.17, 15) is 5.11 Å². The van der Waals surface area contributed by atoms with Crippen molar-refractivity contribution in [1.29, 1.82) is 0 Å².